The predicted molar refractivity (Wildman–Crippen MR) is 54.9 cm³/mol. The zero-order chi connectivity index (χ0) is 9.52. The van der Waals surface area contributed by atoms with Crippen molar-refractivity contribution in [2.75, 3.05) is 11.9 Å². The van der Waals surface area contributed by atoms with Crippen LogP contribution in [0, 0.1) is 5.82 Å². The Bertz CT molecular complexity index is 252. The van der Waals surface area contributed by atoms with Gasteiger partial charge in [-0.1, -0.05) is 22.0 Å². The fourth-order valence-corrected chi connectivity index (χ4v) is 1.34. The summed E-state index contributed by atoms with van der Waals surface area (Å²) in [5.41, 5.74) is 0. The van der Waals surface area contributed by atoms with E-state index in [2.05, 4.69) is 15.9 Å². The fourth-order valence-electron chi connectivity index (χ4n) is 0.943. The zero-order valence-electron chi connectivity index (χ0n) is 7.30. The summed E-state index contributed by atoms with van der Waals surface area (Å²) in [6.07, 6.45) is 2.07. The molecule has 0 aliphatic rings. The Morgan fingerprint density at radius 3 is 2.85 bits per heavy atom. The van der Waals surface area contributed by atoms with E-state index in [1.54, 1.807) is 12.1 Å². The van der Waals surface area contributed by atoms with Gasteiger partial charge in [0.05, 0.1) is 6.61 Å². The van der Waals surface area contributed by atoms with Crippen molar-refractivity contribution in [3.63, 3.8) is 0 Å². The van der Waals surface area contributed by atoms with Gasteiger partial charge in [0, 0.05) is 11.4 Å². The molecule has 13 heavy (non-hydrogen) atoms. The van der Waals surface area contributed by atoms with E-state index in [0.29, 0.717) is 12.4 Å². The minimum absolute atomic E-state index is 0.252. The number of benzene rings is 1. The Hall–Kier alpha value is -0.570. The molecule has 0 atom stereocenters. The van der Waals surface area contributed by atoms with Gasteiger partial charge in [0.15, 0.2) is 0 Å². The van der Waals surface area contributed by atoms with Gasteiger partial charge >= 0.3 is 0 Å². The highest BCUT2D eigenvalue weighted by Gasteiger charge is 1.94. The summed E-state index contributed by atoms with van der Waals surface area (Å²) < 4.78 is 18.0. The molecule has 1 rings (SSSR count). The number of ether oxygens (including phenoxy) is 1. The van der Waals surface area contributed by atoms with Gasteiger partial charge in [-0.2, -0.15) is 0 Å². The lowest BCUT2D eigenvalue weighted by Crippen LogP contribution is -1.97. The average molecular weight is 247 g/mol. The molecule has 0 amide bonds. The highest BCUT2D eigenvalue weighted by Crippen LogP contribution is 2.12. The molecule has 0 heterocycles. The second-order valence-corrected chi connectivity index (χ2v) is 3.49. The third-order valence-corrected chi connectivity index (χ3v) is 2.15. The van der Waals surface area contributed by atoms with Crippen molar-refractivity contribution < 1.29 is 9.13 Å². The molecule has 0 saturated heterocycles. The average Bonchev–Trinajstić information content (AvgIpc) is 2.13. The summed E-state index contributed by atoms with van der Waals surface area (Å²) in [7, 11) is 0. The first kappa shape index (κ1) is 10.5. The minimum atomic E-state index is -0.252. The SMILES string of the molecule is Fc1cccc(OCCCCBr)c1. The Morgan fingerprint density at radius 1 is 1.31 bits per heavy atom. The monoisotopic (exact) mass is 246 g/mol. The van der Waals surface area contributed by atoms with Gasteiger partial charge in [0.25, 0.3) is 0 Å². The molecule has 0 aromatic heterocycles. The number of unbranched alkanes of at least 4 members (excludes halogenated alkanes) is 1. The molecule has 0 aliphatic carbocycles. The molecule has 0 bridgehead atoms. The van der Waals surface area contributed by atoms with E-state index in [0.717, 1.165) is 18.2 Å². The molecule has 3 heteroatoms. The molecule has 72 valence electrons. The number of hydrogen-bond donors (Lipinski definition) is 0. The van der Waals surface area contributed by atoms with E-state index in [1.807, 2.05) is 0 Å². The van der Waals surface area contributed by atoms with Crippen LogP contribution in [0.2, 0.25) is 0 Å². The van der Waals surface area contributed by atoms with Crippen LogP contribution in [0.1, 0.15) is 12.8 Å². The molecule has 0 spiro atoms. The molecule has 0 fully saturated rings. The van der Waals surface area contributed by atoms with E-state index in [1.165, 1.54) is 12.1 Å². The Morgan fingerprint density at radius 2 is 2.15 bits per heavy atom. The molecular weight excluding hydrogens is 235 g/mol. The first-order valence-corrected chi connectivity index (χ1v) is 5.39. The lowest BCUT2D eigenvalue weighted by atomic mass is 10.3. The summed E-state index contributed by atoms with van der Waals surface area (Å²) in [4.78, 5) is 0. The van der Waals surface area contributed by atoms with Gasteiger partial charge < -0.3 is 4.74 Å². The van der Waals surface area contributed by atoms with Crippen LogP contribution < -0.4 is 4.74 Å². The maximum absolute atomic E-state index is 12.7. The standard InChI is InChI=1S/C10H12BrFO/c11-6-1-2-7-13-10-5-3-4-9(12)8-10/h3-5,8H,1-2,6-7H2. The lowest BCUT2D eigenvalue weighted by molar-refractivity contribution is 0.308. The highest BCUT2D eigenvalue weighted by atomic mass is 79.9. The summed E-state index contributed by atoms with van der Waals surface area (Å²) in [5.74, 6) is 0.354. The molecule has 0 unspecified atom stereocenters. The van der Waals surface area contributed by atoms with Crippen molar-refractivity contribution in [3.05, 3.63) is 30.1 Å². The second-order valence-electron chi connectivity index (χ2n) is 2.70. The van der Waals surface area contributed by atoms with E-state index in [4.69, 9.17) is 4.74 Å². The van der Waals surface area contributed by atoms with E-state index in [9.17, 15) is 4.39 Å². The molecule has 0 radical (unpaired) electrons. The highest BCUT2D eigenvalue weighted by molar-refractivity contribution is 9.09. The zero-order valence-corrected chi connectivity index (χ0v) is 8.89. The van der Waals surface area contributed by atoms with E-state index in [-0.39, 0.29) is 5.82 Å². The van der Waals surface area contributed by atoms with Crippen LogP contribution in [0.25, 0.3) is 0 Å². The summed E-state index contributed by atoms with van der Waals surface area (Å²) in [5, 5.41) is 0.986. The normalized spacial score (nSPS) is 10.0. The van der Waals surface area contributed by atoms with Crippen molar-refractivity contribution in [1.29, 1.82) is 0 Å². The Labute approximate surface area is 86.0 Å². The number of alkyl halides is 1. The third kappa shape index (κ3) is 4.27. The Kier molecular flexibility index (Phi) is 4.83. The van der Waals surface area contributed by atoms with Crippen molar-refractivity contribution in [2.24, 2.45) is 0 Å². The molecule has 1 aromatic rings. The number of rotatable bonds is 5. The van der Waals surface area contributed by atoms with Gasteiger partial charge in [-0.15, -0.1) is 0 Å². The van der Waals surface area contributed by atoms with Gasteiger partial charge in [0.2, 0.25) is 0 Å². The third-order valence-electron chi connectivity index (χ3n) is 1.59. The summed E-state index contributed by atoms with van der Waals surface area (Å²) in [6, 6.07) is 6.21. The number of halogens is 2. The topological polar surface area (TPSA) is 9.23 Å². The molecule has 1 aromatic carbocycles. The molecule has 0 N–H and O–H groups in total. The maximum Gasteiger partial charge on any atom is 0.126 e. The van der Waals surface area contributed by atoms with Crippen LogP contribution in [0.4, 0.5) is 4.39 Å². The smallest absolute Gasteiger partial charge is 0.126 e. The Balaban J connectivity index is 2.28. The van der Waals surface area contributed by atoms with Crippen LogP contribution >= 0.6 is 15.9 Å². The maximum atomic E-state index is 12.7. The van der Waals surface area contributed by atoms with Crippen LogP contribution in [-0.4, -0.2) is 11.9 Å². The molecule has 0 aliphatic heterocycles. The largest absolute Gasteiger partial charge is 0.493 e. The minimum Gasteiger partial charge on any atom is -0.493 e. The quantitative estimate of drug-likeness (QED) is 0.572. The van der Waals surface area contributed by atoms with Gasteiger partial charge in [0.1, 0.15) is 11.6 Å². The second kappa shape index (κ2) is 5.97. The van der Waals surface area contributed by atoms with Gasteiger partial charge in [-0.25, -0.2) is 4.39 Å². The first-order chi connectivity index (χ1) is 6.33. The predicted octanol–water partition coefficient (Wildman–Crippen LogP) is 3.38. The molecular formula is C10H12BrFO. The summed E-state index contributed by atoms with van der Waals surface area (Å²) in [6.45, 7) is 0.648. The van der Waals surface area contributed by atoms with Crippen LogP contribution in [0.3, 0.4) is 0 Å². The van der Waals surface area contributed by atoms with Crippen LogP contribution in [0.5, 0.6) is 5.75 Å². The molecule has 0 saturated carbocycles. The van der Waals surface area contributed by atoms with Crippen molar-refractivity contribution in [2.45, 2.75) is 12.8 Å². The van der Waals surface area contributed by atoms with E-state index < -0.39 is 0 Å². The number of hydrogen-bond acceptors (Lipinski definition) is 1. The van der Waals surface area contributed by atoms with Crippen molar-refractivity contribution in [1.82, 2.24) is 0 Å². The molecule has 1 nitrogen and oxygen atoms in total. The lowest BCUT2D eigenvalue weighted by Gasteiger charge is -2.04. The van der Waals surface area contributed by atoms with Gasteiger partial charge in [-0.05, 0) is 25.0 Å². The fraction of sp³-hybridized carbons (Fsp3) is 0.400. The van der Waals surface area contributed by atoms with Crippen molar-refractivity contribution >= 4 is 15.9 Å². The first-order valence-electron chi connectivity index (χ1n) is 4.27. The summed E-state index contributed by atoms with van der Waals surface area (Å²) >= 11 is 3.33. The van der Waals surface area contributed by atoms with Gasteiger partial charge in [-0.3, -0.25) is 0 Å². The van der Waals surface area contributed by atoms with Crippen LogP contribution in [-0.2, 0) is 0 Å². The van der Waals surface area contributed by atoms with E-state index >= 15 is 0 Å². The van der Waals surface area contributed by atoms with Crippen molar-refractivity contribution in [3.8, 4) is 5.75 Å². The van der Waals surface area contributed by atoms with Crippen LogP contribution in [0.15, 0.2) is 24.3 Å².